The lowest BCUT2D eigenvalue weighted by Gasteiger charge is -2.39. The van der Waals surface area contributed by atoms with E-state index in [9.17, 15) is 47.8 Å². The van der Waals surface area contributed by atoms with Crippen molar-refractivity contribution in [1.82, 2.24) is 24.4 Å². The number of benzene rings is 3. The van der Waals surface area contributed by atoms with Gasteiger partial charge < -0.3 is 83.1 Å². The number of nitrogen functional groups attached to an aromatic ring is 1. The second kappa shape index (κ2) is 39.8. The molecule has 8 N–H and O–H groups in total. The number of rotatable bonds is 37. The molecule has 8 heterocycles. The molecule has 6 atom stereocenters. The molecule has 1 saturated heterocycles. The smallest absolute Gasteiger partial charge is 0.478 e. The van der Waals surface area contributed by atoms with Crippen LogP contribution in [0.2, 0.25) is 0 Å². The van der Waals surface area contributed by atoms with Crippen molar-refractivity contribution >= 4 is 118 Å². The predicted molar refractivity (Wildman–Crippen MR) is 416 cm³/mol. The average molecular weight is 1650 g/mol. The summed E-state index contributed by atoms with van der Waals surface area (Å²) in [6.07, 6.45) is 11.2. The zero-order valence-electron chi connectivity index (χ0n) is 61.8. The summed E-state index contributed by atoms with van der Waals surface area (Å²) in [7, 11) is -13.9. The first-order valence-electron chi connectivity index (χ1n) is 36.6. The number of hydrogen-bond acceptors (Lipinski definition) is 25. The van der Waals surface area contributed by atoms with Gasteiger partial charge in [0, 0.05) is 115 Å². The molecule has 6 aliphatic rings. The van der Waals surface area contributed by atoms with Gasteiger partial charge in [-0.1, -0.05) is 83.6 Å². The summed E-state index contributed by atoms with van der Waals surface area (Å²) in [4.78, 5) is 98.5. The van der Waals surface area contributed by atoms with Crippen LogP contribution < -0.4 is 35.8 Å². The predicted octanol–water partition coefficient (Wildman–Crippen LogP) is 9.65. The van der Waals surface area contributed by atoms with Crippen LogP contribution in [-0.4, -0.2) is 183 Å². The van der Waals surface area contributed by atoms with Crippen molar-refractivity contribution < 1.29 is 109 Å². The summed E-state index contributed by atoms with van der Waals surface area (Å²) in [6.45, 7) is 16.8. The number of alkyl carbamates (subject to hydrolysis) is 1. The van der Waals surface area contributed by atoms with Crippen molar-refractivity contribution in [2.75, 3.05) is 114 Å². The normalized spacial score (nSPS) is 18.4. The Morgan fingerprint density at radius 2 is 1.56 bits per heavy atom. The van der Waals surface area contributed by atoms with Gasteiger partial charge in [-0.25, -0.2) is 37.8 Å². The Hall–Kier alpha value is -5.73. The third kappa shape index (κ3) is 23.9. The van der Waals surface area contributed by atoms with Gasteiger partial charge in [0.05, 0.1) is 80.2 Å². The second-order valence-electron chi connectivity index (χ2n) is 27.5. The molecule has 30 nitrogen and oxygen atoms in total. The first-order chi connectivity index (χ1) is 52.1. The van der Waals surface area contributed by atoms with Gasteiger partial charge in [0.2, 0.25) is 5.36 Å². The Morgan fingerprint density at radius 1 is 0.826 bits per heavy atom. The molecule has 109 heavy (non-hydrogen) atoms. The van der Waals surface area contributed by atoms with E-state index in [4.69, 9.17) is 69.1 Å². The largest absolute Gasteiger partial charge is 0.490 e. The minimum absolute atomic E-state index is 0.0560. The van der Waals surface area contributed by atoms with Crippen LogP contribution >= 0.6 is 45.1 Å². The Kier molecular flexibility index (Phi) is 31.3. The Balaban J connectivity index is 0.000000232. The van der Waals surface area contributed by atoms with Crippen LogP contribution in [0.15, 0.2) is 42.9 Å². The number of phosphoric ester groups is 1. The van der Waals surface area contributed by atoms with Gasteiger partial charge >= 0.3 is 41.5 Å². The Morgan fingerprint density at radius 3 is 2.31 bits per heavy atom. The van der Waals surface area contributed by atoms with E-state index < -0.39 is 70.0 Å². The van der Waals surface area contributed by atoms with Gasteiger partial charge in [-0.2, -0.15) is 8.62 Å². The number of hydrogen-bond donors (Lipinski definition) is 7. The molecule has 37 heteroatoms. The van der Waals surface area contributed by atoms with Gasteiger partial charge in [-0.05, 0) is 117 Å². The van der Waals surface area contributed by atoms with E-state index in [1.807, 2.05) is 19.9 Å². The number of phosphoric acid groups is 3. The topological polar surface area (TPSA) is 397 Å². The number of aromatic nitrogens is 3. The second-order valence-corrected chi connectivity index (χ2v) is 38.1. The molecular formula is C72H97N7O23P3S4+. The fourth-order valence-corrected chi connectivity index (χ4v) is 19.4. The fraction of sp³-hybridized carbons (Fsp3) is 0.569. The Labute approximate surface area is 648 Å². The van der Waals surface area contributed by atoms with Crippen molar-refractivity contribution in [3.05, 3.63) is 104 Å². The Bertz CT molecular complexity index is 4500. The number of nitrogens with zero attached hydrogens (tertiary/aromatic N) is 5. The van der Waals surface area contributed by atoms with Crippen molar-refractivity contribution in [2.45, 2.75) is 161 Å². The van der Waals surface area contributed by atoms with E-state index in [0.717, 1.165) is 118 Å². The highest BCUT2D eigenvalue weighted by molar-refractivity contribution is 8.77. The van der Waals surface area contributed by atoms with Crippen LogP contribution in [0.5, 0.6) is 11.5 Å². The van der Waals surface area contributed by atoms with Crippen LogP contribution in [0.3, 0.4) is 0 Å². The molecule has 3 unspecified atom stereocenters. The molecule has 0 radical (unpaired) electrons. The van der Waals surface area contributed by atoms with Crippen LogP contribution in [-0.2, 0) is 111 Å². The van der Waals surface area contributed by atoms with E-state index in [1.165, 1.54) is 39.6 Å². The molecule has 0 aliphatic carbocycles. The number of nitrogens with one attached hydrogen (secondary N) is 1. The van der Waals surface area contributed by atoms with Crippen LogP contribution in [0.1, 0.15) is 178 Å². The molecule has 0 spiro atoms. The maximum atomic E-state index is 13.7. The number of nitrogens with two attached hydrogens (primary N) is 1. The number of aromatic carboxylic acids is 1. The third-order valence-electron chi connectivity index (χ3n) is 18.3. The number of unbranched alkanes of at least 4 members (excludes halogenated alkanes) is 1. The molecular weight excluding hydrogens is 1550 g/mol. The summed E-state index contributed by atoms with van der Waals surface area (Å²) in [6, 6.07) is 9.60. The number of ether oxygens (including phenoxy) is 8. The molecule has 1 amide bonds. The standard InChI is InChI=1S/C44H51N3O8.C28H45N4O15P3S4/c1-2-20-54-44(51)45-15-22-53-24-23-52-21-7-12-37(48)28-13-14-31(43(49)50)34(25-28)38-35-26-29-8-3-16-46-18-5-10-32(39(29)46)41(35)55-42-33-11-6-19-47-17-4-9-30(40(33)47)27-36(38)42;1-5-54(51)19-43-21-14-23(45-22(21)16-44-49(37,38)47-50(39,40)46-48(34,35)36)32-15-20(25-26(29)30-17-31-27(25)32)10-6-7-11-24(33)42-13-9-8-12-41-18-52-53-28(2,3)4/h13-14,25-27H,2-12,15-24H2,1H3,(H-,45,49,50,51);15,17,21-23H,5,7-9,11-14,16,18-19H2,1-4H3,(H,37,38)(H,39,40)(H2,29,30,31)(H2,34,35,36)/p+1/t;21-,22+,23+,54?/m.0/s1. The molecule has 3 aromatic carbocycles. The average Bonchev–Trinajstić information content (AvgIpc) is 1.32. The lowest BCUT2D eigenvalue weighted by atomic mass is 9.81. The number of anilines is 2. The van der Waals surface area contributed by atoms with Crippen molar-refractivity contribution in [1.29, 1.82) is 0 Å². The van der Waals surface area contributed by atoms with E-state index in [2.05, 4.69) is 78.1 Å². The number of ketones is 1. The van der Waals surface area contributed by atoms with Crippen LogP contribution in [0.25, 0.3) is 16.6 Å². The van der Waals surface area contributed by atoms with E-state index in [0.29, 0.717) is 98.4 Å². The van der Waals surface area contributed by atoms with Crippen LogP contribution in [0.4, 0.5) is 16.3 Å². The number of carboxylic acids is 1. The number of carboxylic acid groups (broad SMARTS) is 1. The first kappa shape index (κ1) is 85.7. The number of carbonyl (C=O) groups is 4. The van der Waals surface area contributed by atoms with Crippen molar-refractivity contribution in [2.24, 2.45) is 0 Å². The molecule has 0 saturated carbocycles. The van der Waals surface area contributed by atoms with Gasteiger partial charge in [0.1, 0.15) is 60.7 Å². The van der Waals surface area contributed by atoms with E-state index >= 15 is 0 Å². The number of Topliss-reactive ketones (excluding diaryl/α,β-unsaturated/α-hetero) is 1. The monoisotopic (exact) mass is 1650 g/mol. The van der Waals surface area contributed by atoms with Gasteiger partial charge in [-0.15, -0.1) is 0 Å². The number of carbonyl (C=O) groups excluding carboxylic acids is 3. The van der Waals surface area contributed by atoms with Gasteiger partial charge in [0.15, 0.2) is 5.78 Å². The van der Waals surface area contributed by atoms with Gasteiger partial charge in [0.25, 0.3) is 0 Å². The molecule has 596 valence electrons. The quantitative estimate of drug-likeness (QED) is 0.00279. The highest BCUT2D eigenvalue weighted by Gasteiger charge is 2.45. The molecule has 6 aliphatic heterocycles. The number of fused-ring (bicyclic) bond motifs is 5. The highest BCUT2D eigenvalue weighted by Crippen LogP contribution is 2.66. The minimum Gasteiger partial charge on any atom is -0.478 e. The number of esters is 1. The molecule has 5 aromatic rings. The molecule has 2 aromatic heterocycles. The summed E-state index contributed by atoms with van der Waals surface area (Å²) in [5.74, 6) is 7.72. The SMILES string of the molecule is CCCOC(=O)NCCOCCOCCCC(=O)c1ccc(C(=O)O)c(C2=c3cc4c5c(c3Oc3c2cc2c6c3CCCN6CCC2)CCC[N+]=5CCC4)c1.CCS(=S)CO[C@H]1C[C@H](n2cc(C#CCCC(=O)OCCCCOCSSC(C)(C)C)c3c(N)ncnc32)O[C@@H]1COP(=O)(O)OP(=O)(O)OP(=O)(O)O. The first-order valence-corrected chi connectivity index (χ1v) is 45.9. The maximum Gasteiger partial charge on any atom is 0.490 e. The third-order valence-corrected chi connectivity index (χ3v) is 27.2. The summed E-state index contributed by atoms with van der Waals surface area (Å²) < 4.78 is 98.2. The van der Waals surface area contributed by atoms with E-state index in [1.54, 1.807) is 44.5 Å². The fourth-order valence-electron chi connectivity index (χ4n) is 13.7. The lowest BCUT2D eigenvalue weighted by Crippen LogP contribution is -2.45. The van der Waals surface area contributed by atoms with Crippen molar-refractivity contribution in [3.63, 3.8) is 0 Å². The molecule has 0 bridgehead atoms. The van der Waals surface area contributed by atoms with Gasteiger partial charge in [-0.3, -0.25) is 14.1 Å². The summed E-state index contributed by atoms with van der Waals surface area (Å²) in [5.41, 5.74) is 16.4. The minimum atomic E-state index is -5.73. The number of aryl methyl sites for hydroxylation is 2. The maximum absolute atomic E-state index is 13.7. The number of amides is 1. The summed E-state index contributed by atoms with van der Waals surface area (Å²) >= 11 is 5.37. The zero-order valence-corrected chi connectivity index (χ0v) is 67.7. The van der Waals surface area contributed by atoms with Crippen molar-refractivity contribution in [3.8, 4) is 23.3 Å². The lowest BCUT2D eigenvalue weighted by molar-refractivity contribution is -0.143. The zero-order chi connectivity index (χ0) is 78.0. The molecule has 1 fully saturated rings. The van der Waals surface area contributed by atoms with E-state index in [-0.39, 0.29) is 66.1 Å². The highest BCUT2D eigenvalue weighted by atomic mass is 33.1. The molecule has 11 rings (SSSR count). The van der Waals surface area contributed by atoms with Crippen LogP contribution in [0, 0.1) is 11.8 Å². The summed E-state index contributed by atoms with van der Waals surface area (Å²) in [5, 5.41) is 16.0.